The van der Waals surface area contributed by atoms with Crippen molar-refractivity contribution < 1.29 is 18.3 Å². The molecule has 0 bridgehead atoms. The van der Waals surface area contributed by atoms with Crippen molar-refractivity contribution in [1.29, 1.82) is 0 Å². The average Bonchev–Trinajstić information content (AvgIpc) is 2.51. The van der Waals surface area contributed by atoms with Crippen LogP contribution in [0.4, 0.5) is 13.2 Å². The van der Waals surface area contributed by atoms with Gasteiger partial charge in [-0.15, -0.1) is 0 Å². The van der Waals surface area contributed by atoms with Crippen LogP contribution in [0.2, 0.25) is 5.15 Å². The van der Waals surface area contributed by atoms with Crippen molar-refractivity contribution in [3.05, 3.63) is 16.4 Å². The molecule has 0 aliphatic heterocycles. The molecule has 0 radical (unpaired) electrons. The predicted molar refractivity (Wildman–Crippen MR) is 53.1 cm³/mol. The summed E-state index contributed by atoms with van der Waals surface area (Å²) >= 11 is 5.71. The molecule has 1 N–H and O–H groups in total. The second kappa shape index (κ2) is 5.05. The standard InChI is InChI=1S/C9H12ClF3N2O/c1-2-3-4-15-8(10)6(5-16)7(14-15)9(11,12)13/h16H,2-5H2,1H3. The Bertz CT molecular complexity index is 362. The van der Waals surface area contributed by atoms with Crippen LogP contribution in [0.15, 0.2) is 0 Å². The fourth-order valence-corrected chi connectivity index (χ4v) is 1.57. The third kappa shape index (κ3) is 2.68. The van der Waals surface area contributed by atoms with Crippen LogP contribution in [0, 0.1) is 0 Å². The Kier molecular flexibility index (Phi) is 4.21. The van der Waals surface area contributed by atoms with Crippen molar-refractivity contribution in [2.45, 2.75) is 39.1 Å². The van der Waals surface area contributed by atoms with E-state index in [2.05, 4.69) is 5.10 Å². The highest BCUT2D eigenvalue weighted by molar-refractivity contribution is 6.30. The molecule has 0 saturated heterocycles. The Morgan fingerprint density at radius 1 is 1.44 bits per heavy atom. The maximum atomic E-state index is 12.5. The van der Waals surface area contributed by atoms with Gasteiger partial charge >= 0.3 is 6.18 Å². The second-order valence-electron chi connectivity index (χ2n) is 3.35. The lowest BCUT2D eigenvalue weighted by atomic mass is 10.2. The van der Waals surface area contributed by atoms with Crippen LogP contribution in [0.5, 0.6) is 0 Å². The first kappa shape index (κ1) is 13.3. The lowest BCUT2D eigenvalue weighted by Gasteiger charge is -2.03. The zero-order chi connectivity index (χ0) is 12.3. The molecule has 7 heteroatoms. The van der Waals surface area contributed by atoms with E-state index in [0.29, 0.717) is 13.0 Å². The van der Waals surface area contributed by atoms with Gasteiger partial charge in [-0.05, 0) is 6.42 Å². The van der Waals surface area contributed by atoms with E-state index in [1.807, 2.05) is 6.92 Å². The van der Waals surface area contributed by atoms with Gasteiger partial charge in [-0.25, -0.2) is 0 Å². The van der Waals surface area contributed by atoms with Crippen molar-refractivity contribution in [2.24, 2.45) is 0 Å². The Balaban J connectivity index is 3.10. The molecule has 1 rings (SSSR count). The maximum Gasteiger partial charge on any atom is 0.435 e. The first-order valence-electron chi connectivity index (χ1n) is 4.85. The van der Waals surface area contributed by atoms with Crippen molar-refractivity contribution in [1.82, 2.24) is 9.78 Å². The number of aryl methyl sites for hydroxylation is 1. The molecule has 0 fully saturated rings. The topological polar surface area (TPSA) is 38.0 Å². The Hall–Kier alpha value is -0.750. The largest absolute Gasteiger partial charge is 0.435 e. The monoisotopic (exact) mass is 256 g/mol. The minimum atomic E-state index is -4.58. The number of alkyl halides is 3. The summed E-state index contributed by atoms with van der Waals surface area (Å²) in [5, 5.41) is 12.1. The fraction of sp³-hybridized carbons (Fsp3) is 0.667. The Morgan fingerprint density at radius 2 is 2.06 bits per heavy atom. The van der Waals surface area contributed by atoms with Gasteiger partial charge in [-0.2, -0.15) is 18.3 Å². The zero-order valence-electron chi connectivity index (χ0n) is 8.68. The second-order valence-corrected chi connectivity index (χ2v) is 3.71. The summed E-state index contributed by atoms with van der Waals surface area (Å²) in [4.78, 5) is 0. The number of aliphatic hydroxyl groups excluding tert-OH is 1. The summed E-state index contributed by atoms with van der Waals surface area (Å²) in [6.45, 7) is 1.47. The Labute approximate surface area is 95.8 Å². The summed E-state index contributed by atoms with van der Waals surface area (Å²) in [6.07, 6.45) is -3.07. The van der Waals surface area contributed by atoms with Crippen LogP contribution in [0.25, 0.3) is 0 Å². The molecule has 0 atom stereocenters. The molecule has 0 spiro atoms. The van der Waals surface area contributed by atoms with Gasteiger partial charge in [0.15, 0.2) is 5.69 Å². The highest BCUT2D eigenvalue weighted by Crippen LogP contribution is 2.34. The number of aliphatic hydroxyl groups is 1. The number of aromatic nitrogens is 2. The zero-order valence-corrected chi connectivity index (χ0v) is 9.44. The van der Waals surface area contributed by atoms with E-state index in [-0.39, 0.29) is 10.7 Å². The van der Waals surface area contributed by atoms with Crippen LogP contribution >= 0.6 is 11.6 Å². The van der Waals surface area contributed by atoms with E-state index in [1.165, 1.54) is 0 Å². The van der Waals surface area contributed by atoms with E-state index in [4.69, 9.17) is 16.7 Å². The molecule has 0 aromatic carbocycles. The normalized spacial score (nSPS) is 12.1. The maximum absolute atomic E-state index is 12.5. The predicted octanol–water partition coefficient (Wildman–Crippen LogP) is 2.85. The molecule has 0 aliphatic carbocycles. The number of rotatable bonds is 4. The molecule has 92 valence electrons. The van der Waals surface area contributed by atoms with Crippen LogP contribution in [-0.2, 0) is 19.3 Å². The van der Waals surface area contributed by atoms with E-state index in [9.17, 15) is 13.2 Å². The molecule has 1 aromatic rings. The first-order valence-corrected chi connectivity index (χ1v) is 5.22. The van der Waals surface area contributed by atoms with Gasteiger partial charge in [0.1, 0.15) is 5.15 Å². The highest BCUT2D eigenvalue weighted by Gasteiger charge is 2.38. The van der Waals surface area contributed by atoms with Gasteiger partial charge in [-0.3, -0.25) is 4.68 Å². The molecule has 1 aromatic heterocycles. The first-order chi connectivity index (χ1) is 7.41. The smallest absolute Gasteiger partial charge is 0.391 e. The molecule has 1 heterocycles. The van der Waals surface area contributed by atoms with Crippen LogP contribution < -0.4 is 0 Å². The summed E-state index contributed by atoms with van der Waals surface area (Å²) in [5.41, 5.74) is -1.46. The molecule has 3 nitrogen and oxygen atoms in total. The minimum absolute atomic E-state index is 0.136. The third-order valence-electron chi connectivity index (χ3n) is 2.13. The lowest BCUT2D eigenvalue weighted by molar-refractivity contribution is -0.142. The summed E-state index contributed by atoms with van der Waals surface area (Å²) in [5.74, 6) is 0. The number of unbranched alkanes of at least 4 members (excludes halogenated alkanes) is 1. The highest BCUT2D eigenvalue weighted by atomic mass is 35.5. The van der Waals surface area contributed by atoms with Crippen molar-refractivity contribution in [2.75, 3.05) is 0 Å². The van der Waals surface area contributed by atoms with Crippen LogP contribution in [-0.4, -0.2) is 14.9 Å². The van der Waals surface area contributed by atoms with Gasteiger partial charge in [0.25, 0.3) is 0 Å². The van der Waals surface area contributed by atoms with Crippen LogP contribution in [0.3, 0.4) is 0 Å². The number of nitrogens with zero attached hydrogens (tertiary/aromatic N) is 2. The molecule has 0 amide bonds. The van der Waals surface area contributed by atoms with Gasteiger partial charge in [0.05, 0.1) is 6.61 Å². The van der Waals surface area contributed by atoms with Gasteiger partial charge in [0, 0.05) is 12.1 Å². The van der Waals surface area contributed by atoms with Crippen LogP contribution in [0.1, 0.15) is 31.0 Å². The quantitative estimate of drug-likeness (QED) is 0.900. The number of hydrogen-bond donors (Lipinski definition) is 1. The van der Waals surface area contributed by atoms with Gasteiger partial charge in [-0.1, -0.05) is 24.9 Å². The summed E-state index contributed by atoms with van der Waals surface area (Å²) in [7, 11) is 0. The fourth-order valence-electron chi connectivity index (χ4n) is 1.30. The van der Waals surface area contributed by atoms with Gasteiger partial charge < -0.3 is 5.11 Å². The lowest BCUT2D eigenvalue weighted by Crippen LogP contribution is -2.10. The number of halogens is 4. The van der Waals surface area contributed by atoms with Crippen molar-refractivity contribution in [3.63, 3.8) is 0 Å². The molecule has 0 aliphatic rings. The summed E-state index contributed by atoms with van der Waals surface area (Å²) in [6, 6.07) is 0. The SMILES string of the molecule is CCCCn1nc(C(F)(F)F)c(CO)c1Cl. The molecule has 0 saturated carbocycles. The van der Waals surface area contributed by atoms with Gasteiger partial charge in [0.2, 0.25) is 0 Å². The molecular formula is C9H12ClF3N2O. The third-order valence-corrected chi connectivity index (χ3v) is 2.56. The molecule has 0 unspecified atom stereocenters. The molecule has 16 heavy (non-hydrogen) atoms. The molecular weight excluding hydrogens is 245 g/mol. The van der Waals surface area contributed by atoms with E-state index in [0.717, 1.165) is 11.1 Å². The van der Waals surface area contributed by atoms with E-state index in [1.54, 1.807) is 0 Å². The van der Waals surface area contributed by atoms with Crippen molar-refractivity contribution in [3.8, 4) is 0 Å². The minimum Gasteiger partial charge on any atom is -0.391 e. The van der Waals surface area contributed by atoms with E-state index < -0.39 is 18.5 Å². The van der Waals surface area contributed by atoms with Crippen molar-refractivity contribution >= 4 is 11.6 Å². The number of hydrogen-bond acceptors (Lipinski definition) is 2. The Morgan fingerprint density at radius 3 is 2.44 bits per heavy atom. The average molecular weight is 257 g/mol. The van der Waals surface area contributed by atoms with E-state index >= 15 is 0 Å². The summed E-state index contributed by atoms with van der Waals surface area (Å²) < 4.78 is 38.6.